The fourth-order valence-electron chi connectivity index (χ4n) is 2.13. The Balaban J connectivity index is 1.98. The van der Waals surface area contributed by atoms with E-state index < -0.39 is 6.04 Å². The highest BCUT2D eigenvalue weighted by Gasteiger charge is 2.15. The fraction of sp³-hybridized carbons (Fsp3) is 0.333. The Morgan fingerprint density at radius 3 is 2.75 bits per heavy atom. The molecule has 2 rings (SSSR count). The molecule has 0 unspecified atom stereocenters. The summed E-state index contributed by atoms with van der Waals surface area (Å²) in [6, 6.07) is 8.71. The minimum absolute atomic E-state index is 0.179. The number of hydrogen-bond donors (Lipinski definition) is 2. The SMILES string of the molecule is CCc1nn(C)cc1CNC(=O)[C@H](N)c1ccccc1. The Morgan fingerprint density at radius 1 is 1.40 bits per heavy atom. The fourth-order valence-corrected chi connectivity index (χ4v) is 2.13. The van der Waals surface area contributed by atoms with Gasteiger partial charge in [-0.05, 0) is 12.0 Å². The number of aryl methyl sites for hydroxylation is 2. The van der Waals surface area contributed by atoms with Gasteiger partial charge in [0.1, 0.15) is 6.04 Å². The highest BCUT2D eigenvalue weighted by molar-refractivity contribution is 5.82. The van der Waals surface area contributed by atoms with Crippen molar-refractivity contribution in [3.63, 3.8) is 0 Å². The lowest BCUT2D eigenvalue weighted by molar-refractivity contribution is -0.122. The van der Waals surface area contributed by atoms with E-state index in [0.717, 1.165) is 23.2 Å². The Bertz CT molecular complexity index is 577. The molecular weight excluding hydrogens is 252 g/mol. The van der Waals surface area contributed by atoms with Crippen LogP contribution in [0.1, 0.15) is 29.8 Å². The van der Waals surface area contributed by atoms with Crippen LogP contribution in [0, 0.1) is 0 Å². The summed E-state index contributed by atoms with van der Waals surface area (Å²) in [5, 5.41) is 7.21. The van der Waals surface area contributed by atoms with Crippen molar-refractivity contribution in [2.24, 2.45) is 12.8 Å². The normalized spacial score (nSPS) is 12.2. The number of carbonyl (C=O) groups excluding carboxylic acids is 1. The first kappa shape index (κ1) is 14.3. The maximum Gasteiger partial charge on any atom is 0.241 e. The van der Waals surface area contributed by atoms with E-state index in [1.54, 1.807) is 4.68 Å². The van der Waals surface area contributed by atoms with Crippen molar-refractivity contribution in [2.45, 2.75) is 25.9 Å². The third kappa shape index (κ3) is 3.24. The van der Waals surface area contributed by atoms with Crippen LogP contribution in [0.3, 0.4) is 0 Å². The number of carbonyl (C=O) groups is 1. The molecular formula is C15H20N4O. The number of nitrogens with two attached hydrogens (primary N) is 1. The van der Waals surface area contributed by atoms with Crippen LogP contribution in [-0.2, 0) is 24.8 Å². The molecule has 0 spiro atoms. The zero-order valence-electron chi connectivity index (χ0n) is 11.8. The molecule has 0 fully saturated rings. The van der Waals surface area contributed by atoms with Gasteiger partial charge in [0.25, 0.3) is 0 Å². The number of benzene rings is 1. The number of aromatic nitrogens is 2. The predicted molar refractivity (Wildman–Crippen MR) is 77.8 cm³/mol. The van der Waals surface area contributed by atoms with Crippen molar-refractivity contribution in [1.29, 1.82) is 0 Å². The first-order valence-corrected chi connectivity index (χ1v) is 6.71. The lowest BCUT2D eigenvalue weighted by Crippen LogP contribution is -2.33. The molecule has 106 valence electrons. The second-order valence-corrected chi connectivity index (χ2v) is 4.73. The van der Waals surface area contributed by atoms with Crippen LogP contribution in [0.25, 0.3) is 0 Å². The van der Waals surface area contributed by atoms with E-state index in [2.05, 4.69) is 10.4 Å². The molecule has 2 aromatic rings. The van der Waals surface area contributed by atoms with Gasteiger partial charge in [0.05, 0.1) is 5.69 Å². The van der Waals surface area contributed by atoms with Crippen molar-refractivity contribution < 1.29 is 4.79 Å². The van der Waals surface area contributed by atoms with Crippen LogP contribution in [0.2, 0.25) is 0 Å². The lowest BCUT2D eigenvalue weighted by Gasteiger charge is -2.12. The van der Waals surface area contributed by atoms with Crippen LogP contribution < -0.4 is 11.1 Å². The lowest BCUT2D eigenvalue weighted by atomic mass is 10.1. The number of rotatable bonds is 5. The summed E-state index contributed by atoms with van der Waals surface area (Å²) in [7, 11) is 1.88. The summed E-state index contributed by atoms with van der Waals surface area (Å²) in [6.07, 6.45) is 2.77. The smallest absolute Gasteiger partial charge is 0.241 e. The molecule has 1 atom stereocenters. The molecule has 1 amide bonds. The highest BCUT2D eigenvalue weighted by Crippen LogP contribution is 2.11. The van der Waals surface area contributed by atoms with Gasteiger partial charge in [-0.25, -0.2) is 0 Å². The summed E-state index contributed by atoms with van der Waals surface area (Å²) >= 11 is 0. The van der Waals surface area contributed by atoms with E-state index in [1.807, 2.05) is 50.5 Å². The van der Waals surface area contributed by atoms with Crippen molar-refractivity contribution in [3.8, 4) is 0 Å². The number of hydrogen-bond acceptors (Lipinski definition) is 3. The Morgan fingerprint density at radius 2 is 2.10 bits per heavy atom. The summed E-state index contributed by atoms with van der Waals surface area (Å²) in [5.41, 5.74) is 8.79. The maximum atomic E-state index is 12.1. The second-order valence-electron chi connectivity index (χ2n) is 4.73. The standard InChI is InChI=1S/C15H20N4O/c1-3-13-12(10-19(2)18-13)9-17-15(20)14(16)11-7-5-4-6-8-11/h4-8,10,14H,3,9,16H2,1-2H3,(H,17,20)/t14-/m1/s1. The Kier molecular flexibility index (Phi) is 4.53. The largest absolute Gasteiger partial charge is 0.350 e. The molecule has 0 radical (unpaired) electrons. The number of nitrogens with one attached hydrogen (secondary N) is 1. The third-order valence-electron chi connectivity index (χ3n) is 3.22. The van der Waals surface area contributed by atoms with Crippen molar-refractivity contribution in [2.75, 3.05) is 0 Å². The topological polar surface area (TPSA) is 72.9 Å². The predicted octanol–water partition coefficient (Wildman–Crippen LogP) is 1.30. The average Bonchev–Trinajstić information content (AvgIpc) is 2.85. The summed E-state index contributed by atoms with van der Waals surface area (Å²) < 4.78 is 1.76. The molecule has 3 N–H and O–H groups in total. The molecule has 0 aliphatic heterocycles. The summed E-state index contributed by atoms with van der Waals surface area (Å²) in [5.74, 6) is -0.179. The zero-order chi connectivity index (χ0) is 14.5. The number of amides is 1. The molecule has 1 heterocycles. The highest BCUT2D eigenvalue weighted by atomic mass is 16.2. The third-order valence-corrected chi connectivity index (χ3v) is 3.22. The monoisotopic (exact) mass is 272 g/mol. The molecule has 0 saturated heterocycles. The minimum Gasteiger partial charge on any atom is -0.350 e. The molecule has 0 aliphatic rings. The molecule has 1 aromatic heterocycles. The quantitative estimate of drug-likeness (QED) is 0.861. The van der Waals surface area contributed by atoms with E-state index in [9.17, 15) is 4.79 Å². The second kappa shape index (κ2) is 6.34. The first-order chi connectivity index (χ1) is 9.61. The van der Waals surface area contributed by atoms with Crippen molar-refractivity contribution in [1.82, 2.24) is 15.1 Å². The molecule has 1 aromatic carbocycles. The van der Waals surface area contributed by atoms with E-state index in [4.69, 9.17) is 5.73 Å². The first-order valence-electron chi connectivity index (χ1n) is 6.71. The van der Waals surface area contributed by atoms with E-state index in [0.29, 0.717) is 6.54 Å². The zero-order valence-corrected chi connectivity index (χ0v) is 11.8. The summed E-state index contributed by atoms with van der Waals surface area (Å²) in [6.45, 7) is 2.50. The molecule has 20 heavy (non-hydrogen) atoms. The average molecular weight is 272 g/mol. The Hall–Kier alpha value is -2.14. The molecule has 5 nitrogen and oxygen atoms in total. The number of nitrogens with zero attached hydrogens (tertiary/aromatic N) is 2. The van der Waals surface area contributed by atoms with E-state index in [1.165, 1.54) is 0 Å². The van der Waals surface area contributed by atoms with Gasteiger partial charge in [0.15, 0.2) is 0 Å². The van der Waals surface area contributed by atoms with Gasteiger partial charge in [-0.1, -0.05) is 37.3 Å². The van der Waals surface area contributed by atoms with Crippen LogP contribution in [-0.4, -0.2) is 15.7 Å². The molecule has 0 saturated carbocycles. The van der Waals surface area contributed by atoms with Gasteiger partial charge in [-0.2, -0.15) is 5.10 Å². The van der Waals surface area contributed by atoms with Crippen LogP contribution in [0.5, 0.6) is 0 Å². The van der Waals surface area contributed by atoms with Gasteiger partial charge < -0.3 is 11.1 Å². The van der Waals surface area contributed by atoms with Crippen LogP contribution in [0.15, 0.2) is 36.5 Å². The summed E-state index contributed by atoms with van der Waals surface area (Å²) in [4.78, 5) is 12.1. The van der Waals surface area contributed by atoms with Crippen LogP contribution >= 0.6 is 0 Å². The Labute approximate surface area is 118 Å². The van der Waals surface area contributed by atoms with Crippen molar-refractivity contribution >= 4 is 5.91 Å². The van der Waals surface area contributed by atoms with E-state index in [-0.39, 0.29) is 5.91 Å². The molecule has 0 aliphatic carbocycles. The van der Waals surface area contributed by atoms with Crippen molar-refractivity contribution in [3.05, 3.63) is 53.3 Å². The molecule has 5 heteroatoms. The van der Waals surface area contributed by atoms with Gasteiger partial charge >= 0.3 is 0 Å². The van der Waals surface area contributed by atoms with E-state index >= 15 is 0 Å². The van der Waals surface area contributed by atoms with Crippen LogP contribution in [0.4, 0.5) is 0 Å². The van der Waals surface area contributed by atoms with Gasteiger partial charge in [0, 0.05) is 25.4 Å². The maximum absolute atomic E-state index is 12.1. The minimum atomic E-state index is -0.641. The van der Waals surface area contributed by atoms with Gasteiger partial charge in [0.2, 0.25) is 5.91 Å². The molecule has 0 bridgehead atoms. The van der Waals surface area contributed by atoms with Gasteiger partial charge in [-0.15, -0.1) is 0 Å². The van der Waals surface area contributed by atoms with Gasteiger partial charge in [-0.3, -0.25) is 9.48 Å².